The molecule has 25 heavy (non-hydrogen) atoms. The van der Waals surface area contributed by atoms with Crippen LogP contribution in [0.25, 0.3) is 0 Å². The number of benzene rings is 1. The number of amides is 3. The molecule has 2 aliphatic heterocycles. The highest BCUT2D eigenvalue weighted by Crippen LogP contribution is 2.18. The maximum absolute atomic E-state index is 12.3. The Morgan fingerprint density at radius 2 is 1.80 bits per heavy atom. The first-order valence-corrected chi connectivity index (χ1v) is 9.24. The molecule has 6 heteroatoms. The number of rotatable bonds is 4. The lowest BCUT2D eigenvalue weighted by atomic mass is 9.97. The van der Waals surface area contributed by atoms with Gasteiger partial charge in [0, 0.05) is 39.1 Å². The van der Waals surface area contributed by atoms with Crippen molar-refractivity contribution in [1.29, 1.82) is 0 Å². The lowest BCUT2D eigenvalue weighted by molar-refractivity contribution is -0.132. The van der Waals surface area contributed by atoms with Crippen molar-refractivity contribution < 1.29 is 9.59 Å². The van der Waals surface area contributed by atoms with E-state index in [1.807, 2.05) is 21.9 Å². The molecule has 3 rings (SSSR count). The molecule has 0 saturated carbocycles. The summed E-state index contributed by atoms with van der Waals surface area (Å²) >= 11 is 0. The molecule has 1 aromatic rings. The zero-order chi connectivity index (χ0) is 17.6. The van der Waals surface area contributed by atoms with E-state index >= 15 is 0 Å². The van der Waals surface area contributed by atoms with Gasteiger partial charge in [0.05, 0.1) is 0 Å². The number of hydrogen-bond acceptors (Lipinski definition) is 3. The molecule has 0 unspecified atom stereocenters. The third kappa shape index (κ3) is 4.51. The number of nitrogens with one attached hydrogen (secondary N) is 1. The average molecular weight is 344 g/mol. The summed E-state index contributed by atoms with van der Waals surface area (Å²) in [5.74, 6) is 0.672. The second-order valence-electron chi connectivity index (χ2n) is 6.98. The van der Waals surface area contributed by atoms with Crippen molar-refractivity contribution in [1.82, 2.24) is 15.1 Å². The third-order valence-corrected chi connectivity index (χ3v) is 5.33. The predicted molar refractivity (Wildman–Crippen MR) is 96.9 cm³/mol. The molecule has 136 valence electrons. The molecule has 0 aromatic heterocycles. The zero-order valence-corrected chi connectivity index (χ0v) is 14.7. The Hall–Kier alpha value is -2.08. The minimum Gasteiger partial charge on any atom is -0.343 e. The van der Waals surface area contributed by atoms with Crippen LogP contribution in [-0.2, 0) is 17.8 Å². The summed E-state index contributed by atoms with van der Waals surface area (Å²) in [5.41, 5.74) is 8.22. The smallest absolute Gasteiger partial charge is 0.317 e. The van der Waals surface area contributed by atoms with E-state index in [2.05, 4.69) is 17.4 Å². The van der Waals surface area contributed by atoms with E-state index in [0.29, 0.717) is 32.0 Å². The molecule has 3 amide bonds. The van der Waals surface area contributed by atoms with Gasteiger partial charge >= 0.3 is 6.03 Å². The molecule has 2 heterocycles. The Bertz CT molecular complexity index is 611. The molecular weight excluding hydrogens is 316 g/mol. The van der Waals surface area contributed by atoms with E-state index in [9.17, 15) is 9.59 Å². The first-order valence-electron chi connectivity index (χ1n) is 9.24. The first kappa shape index (κ1) is 17.7. The van der Waals surface area contributed by atoms with Crippen LogP contribution in [0.2, 0.25) is 0 Å². The van der Waals surface area contributed by atoms with Gasteiger partial charge in [-0.15, -0.1) is 0 Å². The summed E-state index contributed by atoms with van der Waals surface area (Å²) < 4.78 is 0. The monoisotopic (exact) mass is 344 g/mol. The van der Waals surface area contributed by atoms with Crippen LogP contribution in [0.3, 0.4) is 0 Å². The quantitative estimate of drug-likeness (QED) is 0.865. The van der Waals surface area contributed by atoms with Gasteiger partial charge in [0.15, 0.2) is 0 Å². The second-order valence-corrected chi connectivity index (χ2v) is 6.98. The van der Waals surface area contributed by atoms with Crippen LogP contribution in [0.5, 0.6) is 0 Å². The summed E-state index contributed by atoms with van der Waals surface area (Å²) in [6.07, 6.45) is 3.23. The number of carbonyl (C=O) groups is 2. The van der Waals surface area contributed by atoms with Gasteiger partial charge in [-0.3, -0.25) is 4.79 Å². The summed E-state index contributed by atoms with van der Waals surface area (Å²) in [4.78, 5) is 28.3. The van der Waals surface area contributed by atoms with Gasteiger partial charge in [-0.1, -0.05) is 24.3 Å². The van der Waals surface area contributed by atoms with Gasteiger partial charge < -0.3 is 20.9 Å². The van der Waals surface area contributed by atoms with Gasteiger partial charge in [0.1, 0.15) is 0 Å². The van der Waals surface area contributed by atoms with Gasteiger partial charge in [0.25, 0.3) is 0 Å². The fourth-order valence-corrected chi connectivity index (χ4v) is 3.63. The number of fused-ring (bicyclic) bond motifs is 1. The number of urea groups is 1. The van der Waals surface area contributed by atoms with Crippen LogP contribution in [0.15, 0.2) is 24.3 Å². The maximum Gasteiger partial charge on any atom is 0.317 e. The van der Waals surface area contributed by atoms with Crippen LogP contribution in [0, 0.1) is 5.92 Å². The molecule has 0 radical (unpaired) electrons. The van der Waals surface area contributed by atoms with Crippen molar-refractivity contribution in [3.05, 3.63) is 35.4 Å². The van der Waals surface area contributed by atoms with Gasteiger partial charge in [-0.25, -0.2) is 4.79 Å². The van der Waals surface area contributed by atoms with Crippen LogP contribution in [-0.4, -0.2) is 54.5 Å². The summed E-state index contributed by atoms with van der Waals surface area (Å²) in [6.45, 7) is 4.05. The summed E-state index contributed by atoms with van der Waals surface area (Å²) in [7, 11) is 0. The Kier molecular flexibility index (Phi) is 5.91. The molecular formula is C19H28N4O2. The highest BCUT2D eigenvalue weighted by molar-refractivity contribution is 5.78. The maximum atomic E-state index is 12.3. The summed E-state index contributed by atoms with van der Waals surface area (Å²) in [6, 6.07) is 8.16. The minimum atomic E-state index is -0.0795. The normalized spacial score (nSPS) is 18.0. The topological polar surface area (TPSA) is 78.7 Å². The van der Waals surface area contributed by atoms with Crippen LogP contribution >= 0.6 is 0 Å². The molecule has 3 N–H and O–H groups in total. The SMILES string of the molecule is NCC1CCN(C(=O)CCNC(=O)N2CCc3ccccc3C2)CC1. The molecule has 0 aliphatic carbocycles. The van der Waals surface area contributed by atoms with Crippen LogP contribution < -0.4 is 11.1 Å². The van der Waals surface area contributed by atoms with E-state index in [0.717, 1.165) is 38.9 Å². The minimum absolute atomic E-state index is 0.0795. The van der Waals surface area contributed by atoms with Crippen molar-refractivity contribution in [3.63, 3.8) is 0 Å². The van der Waals surface area contributed by atoms with Crippen molar-refractivity contribution >= 4 is 11.9 Å². The van der Waals surface area contributed by atoms with Gasteiger partial charge in [0.2, 0.25) is 5.91 Å². The number of hydrogen-bond donors (Lipinski definition) is 2. The first-order chi connectivity index (χ1) is 12.2. The largest absolute Gasteiger partial charge is 0.343 e. The van der Waals surface area contributed by atoms with Crippen molar-refractivity contribution in [3.8, 4) is 0 Å². The lowest BCUT2D eigenvalue weighted by Gasteiger charge is -2.32. The van der Waals surface area contributed by atoms with E-state index in [1.54, 1.807) is 0 Å². The highest BCUT2D eigenvalue weighted by Gasteiger charge is 2.23. The molecule has 0 spiro atoms. The molecule has 1 fully saturated rings. The fourth-order valence-electron chi connectivity index (χ4n) is 3.63. The third-order valence-electron chi connectivity index (χ3n) is 5.33. The molecule has 0 bridgehead atoms. The average Bonchev–Trinajstić information content (AvgIpc) is 2.67. The Labute approximate surface area is 149 Å². The molecule has 6 nitrogen and oxygen atoms in total. The van der Waals surface area contributed by atoms with E-state index in [4.69, 9.17) is 5.73 Å². The highest BCUT2D eigenvalue weighted by atomic mass is 16.2. The van der Waals surface area contributed by atoms with Crippen LogP contribution in [0.4, 0.5) is 4.79 Å². The van der Waals surface area contributed by atoms with E-state index in [-0.39, 0.29) is 11.9 Å². The number of carbonyl (C=O) groups excluding carboxylic acids is 2. The summed E-state index contributed by atoms with van der Waals surface area (Å²) in [5, 5.41) is 2.89. The Morgan fingerprint density at radius 3 is 2.52 bits per heavy atom. The number of nitrogens with two attached hydrogens (primary N) is 1. The number of piperidine rings is 1. The second kappa shape index (κ2) is 8.34. The van der Waals surface area contributed by atoms with Gasteiger partial charge in [-0.05, 0) is 42.9 Å². The molecule has 2 aliphatic rings. The zero-order valence-electron chi connectivity index (χ0n) is 14.7. The Morgan fingerprint density at radius 1 is 1.08 bits per heavy atom. The predicted octanol–water partition coefficient (Wildman–Crippen LogP) is 1.34. The Balaban J connectivity index is 1.39. The van der Waals surface area contributed by atoms with Crippen molar-refractivity contribution in [2.75, 3.05) is 32.7 Å². The lowest BCUT2D eigenvalue weighted by Crippen LogP contribution is -2.45. The molecule has 1 aromatic carbocycles. The van der Waals surface area contributed by atoms with Crippen LogP contribution in [0.1, 0.15) is 30.4 Å². The molecule has 1 saturated heterocycles. The standard InChI is InChI=1S/C19H28N4O2/c20-13-15-6-10-22(11-7-15)18(24)5-9-21-19(25)23-12-8-16-3-1-2-4-17(16)14-23/h1-4,15H,5-14,20H2,(H,21,25). The van der Waals surface area contributed by atoms with Gasteiger partial charge in [-0.2, -0.15) is 0 Å². The van der Waals surface area contributed by atoms with E-state index < -0.39 is 0 Å². The van der Waals surface area contributed by atoms with Crippen molar-refractivity contribution in [2.24, 2.45) is 11.7 Å². The molecule has 0 atom stereocenters. The number of likely N-dealkylation sites (tertiary alicyclic amines) is 1. The van der Waals surface area contributed by atoms with E-state index in [1.165, 1.54) is 11.1 Å². The fraction of sp³-hybridized carbons (Fsp3) is 0.579. The number of nitrogens with zero attached hydrogens (tertiary/aromatic N) is 2. The van der Waals surface area contributed by atoms with Crippen molar-refractivity contribution in [2.45, 2.75) is 32.2 Å².